The van der Waals surface area contributed by atoms with Gasteiger partial charge in [0.15, 0.2) is 5.79 Å². The van der Waals surface area contributed by atoms with Crippen molar-refractivity contribution >= 4 is 0 Å². The molecule has 0 unspecified atom stereocenters. The SMILES string of the molecule is CC(C)(O)/C=C/C#C/C(CO)=C1\C2=CCCC[C@@]23OC(C)(C)O[C@@H]13. The number of hydrogen-bond donors (Lipinski definition) is 2. The van der Waals surface area contributed by atoms with Gasteiger partial charge in [0.25, 0.3) is 0 Å². The van der Waals surface area contributed by atoms with E-state index in [0.29, 0.717) is 5.57 Å². The van der Waals surface area contributed by atoms with Crippen LogP contribution >= 0.6 is 0 Å². The summed E-state index contributed by atoms with van der Waals surface area (Å²) >= 11 is 0. The Kier molecular flexibility index (Phi) is 4.26. The van der Waals surface area contributed by atoms with Gasteiger partial charge in [0.1, 0.15) is 11.7 Å². The molecular formula is C20H26O4. The van der Waals surface area contributed by atoms with Gasteiger partial charge in [0.2, 0.25) is 0 Å². The highest BCUT2D eigenvalue weighted by Gasteiger charge is 2.66. The number of aliphatic hydroxyl groups is 2. The molecule has 0 aromatic heterocycles. The molecule has 0 aromatic carbocycles. The Labute approximate surface area is 143 Å². The second kappa shape index (κ2) is 5.86. The van der Waals surface area contributed by atoms with E-state index in [-0.39, 0.29) is 18.3 Å². The first-order valence-corrected chi connectivity index (χ1v) is 8.53. The number of ether oxygens (including phenoxy) is 2. The molecule has 4 heteroatoms. The summed E-state index contributed by atoms with van der Waals surface area (Å²) in [7, 11) is 0. The molecule has 1 aliphatic heterocycles. The smallest absolute Gasteiger partial charge is 0.165 e. The van der Waals surface area contributed by atoms with Crippen molar-refractivity contribution in [2.45, 2.75) is 70.1 Å². The molecular weight excluding hydrogens is 304 g/mol. The minimum absolute atomic E-state index is 0.133. The summed E-state index contributed by atoms with van der Waals surface area (Å²) < 4.78 is 12.3. The number of hydrogen-bond acceptors (Lipinski definition) is 4. The van der Waals surface area contributed by atoms with Crippen LogP contribution in [-0.2, 0) is 9.47 Å². The largest absolute Gasteiger partial charge is 0.391 e. The fourth-order valence-corrected chi connectivity index (χ4v) is 3.77. The molecule has 0 radical (unpaired) electrons. The van der Waals surface area contributed by atoms with Gasteiger partial charge < -0.3 is 19.7 Å². The summed E-state index contributed by atoms with van der Waals surface area (Å²) in [6, 6.07) is 0. The first kappa shape index (κ1) is 17.4. The van der Waals surface area contributed by atoms with Crippen LogP contribution in [0.5, 0.6) is 0 Å². The molecule has 3 rings (SSSR count). The Morgan fingerprint density at radius 1 is 1.46 bits per heavy atom. The summed E-state index contributed by atoms with van der Waals surface area (Å²) in [6.45, 7) is 7.11. The van der Waals surface area contributed by atoms with Crippen LogP contribution in [0.2, 0.25) is 0 Å². The van der Waals surface area contributed by atoms with Crippen molar-refractivity contribution in [3.63, 3.8) is 0 Å². The van der Waals surface area contributed by atoms with Crippen LogP contribution < -0.4 is 0 Å². The maximum Gasteiger partial charge on any atom is 0.165 e. The van der Waals surface area contributed by atoms with E-state index in [0.717, 1.165) is 30.4 Å². The first-order valence-electron chi connectivity index (χ1n) is 8.53. The second-order valence-corrected chi connectivity index (χ2v) is 7.71. The van der Waals surface area contributed by atoms with Gasteiger partial charge in [-0.05, 0) is 64.7 Å². The third-order valence-electron chi connectivity index (χ3n) is 4.64. The van der Waals surface area contributed by atoms with Crippen molar-refractivity contribution in [3.8, 4) is 11.8 Å². The molecule has 1 saturated heterocycles. The molecule has 2 N–H and O–H groups in total. The molecule has 2 aliphatic carbocycles. The molecule has 130 valence electrons. The Bertz CT molecular complexity index is 679. The number of aliphatic hydroxyl groups excluding tert-OH is 1. The monoisotopic (exact) mass is 330 g/mol. The van der Waals surface area contributed by atoms with Crippen molar-refractivity contribution in [2.75, 3.05) is 6.61 Å². The summed E-state index contributed by atoms with van der Waals surface area (Å²) in [5.74, 6) is 5.30. The van der Waals surface area contributed by atoms with Gasteiger partial charge in [-0.3, -0.25) is 0 Å². The van der Waals surface area contributed by atoms with Crippen LogP contribution in [0, 0.1) is 11.8 Å². The van der Waals surface area contributed by atoms with E-state index in [1.54, 1.807) is 26.0 Å². The predicted octanol–water partition coefficient (Wildman–Crippen LogP) is 2.62. The van der Waals surface area contributed by atoms with Gasteiger partial charge in [-0.1, -0.05) is 17.9 Å². The summed E-state index contributed by atoms with van der Waals surface area (Å²) in [4.78, 5) is 0. The standard InChI is InChI=1S/C20H26O4/c1-18(2,22)11-7-5-9-14(13-21)16-15-10-6-8-12-20(15)17(16)23-19(3,4)24-20/h7,10-11,17,21-22H,6,8,12-13H2,1-4H3/b11-7+,16-14-/t17-,20+/m0/s1. The highest BCUT2D eigenvalue weighted by Crippen LogP contribution is 2.60. The Balaban J connectivity index is 1.95. The molecule has 3 aliphatic rings. The van der Waals surface area contributed by atoms with Crippen LogP contribution in [0.15, 0.2) is 34.9 Å². The average molecular weight is 330 g/mol. The van der Waals surface area contributed by atoms with E-state index >= 15 is 0 Å². The lowest BCUT2D eigenvalue weighted by molar-refractivity contribution is -0.153. The van der Waals surface area contributed by atoms with Crippen molar-refractivity contribution in [1.82, 2.24) is 0 Å². The fraction of sp³-hybridized carbons (Fsp3) is 0.600. The molecule has 1 spiro atoms. The third kappa shape index (κ3) is 2.98. The van der Waals surface area contributed by atoms with Crippen molar-refractivity contribution in [3.05, 3.63) is 34.9 Å². The zero-order valence-corrected chi connectivity index (χ0v) is 14.8. The highest BCUT2D eigenvalue weighted by atomic mass is 16.8. The van der Waals surface area contributed by atoms with Crippen LogP contribution in [0.1, 0.15) is 47.0 Å². The normalized spacial score (nSPS) is 33.1. The van der Waals surface area contributed by atoms with E-state index in [4.69, 9.17) is 9.47 Å². The quantitative estimate of drug-likeness (QED) is 0.764. The molecule has 1 heterocycles. The maximum atomic E-state index is 9.80. The number of rotatable bonds is 2. The third-order valence-corrected chi connectivity index (χ3v) is 4.64. The van der Waals surface area contributed by atoms with Crippen LogP contribution in [0.3, 0.4) is 0 Å². The van der Waals surface area contributed by atoms with E-state index in [1.807, 2.05) is 13.8 Å². The molecule has 0 amide bonds. The molecule has 4 nitrogen and oxygen atoms in total. The average Bonchev–Trinajstić information content (AvgIpc) is 2.68. The highest BCUT2D eigenvalue weighted by molar-refractivity contribution is 5.62. The fourth-order valence-electron chi connectivity index (χ4n) is 3.77. The van der Waals surface area contributed by atoms with Gasteiger partial charge in [-0.15, -0.1) is 0 Å². The molecule has 0 aromatic rings. The van der Waals surface area contributed by atoms with Crippen LogP contribution in [0.4, 0.5) is 0 Å². The first-order chi connectivity index (χ1) is 11.2. The van der Waals surface area contributed by atoms with Crippen molar-refractivity contribution in [2.24, 2.45) is 0 Å². The van der Waals surface area contributed by atoms with Gasteiger partial charge in [-0.2, -0.15) is 0 Å². The minimum Gasteiger partial charge on any atom is -0.391 e. The second-order valence-electron chi connectivity index (χ2n) is 7.71. The number of allylic oxidation sites excluding steroid dienone is 2. The maximum absolute atomic E-state index is 9.80. The van der Waals surface area contributed by atoms with Gasteiger partial charge >= 0.3 is 0 Å². The van der Waals surface area contributed by atoms with E-state index in [9.17, 15) is 10.2 Å². The molecule has 2 fully saturated rings. The summed E-state index contributed by atoms with van der Waals surface area (Å²) in [5, 5.41) is 19.5. The lowest BCUT2D eigenvalue weighted by atomic mass is 9.61. The Hall–Kier alpha value is -1.38. The zero-order valence-electron chi connectivity index (χ0n) is 14.8. The summed E-state index contributed by atoms with van der Waals surface area (Å²) in [6.07, 6.45) is 8.33. The van der Waals surface area contributed by atoms with Gasteiger partial charge in [0, 0.05) is 11.1 Å². The van der Waals surface area contributed by atoms with E-state index in [1.165, 1.54) is 0 Å². The minimum atomic E-state index is -0.898. The predicted molar refractivity (Wildman–Crippen MR) is 92.0 cm³/mol. The van der Waals surface area contributed by atoms with Crippen molar-refractivity contribution < 1.29 is 19.7 Å². The van der Waals surface area contributed by atoms with Crippen molar-refractivity contribution in [1.29, 1.82) is 0 Å². The van der Waals surface area contributed by atoms with Gasteiger partial charge in [-0.25, -0.2) is 0 Å². The van der Waals surface area contributed by atoms with E-state index < -0.39 is 11.4 Å². The van der Waals surface area contributed by atoms with Crippen LogP contribution in [-0.4, -0.2) is 39.9 Å². The molecule has 1 saturated carbocycles. The molecule has 24 heavy (non-hydrogen) atoms. The Morgan fingerprint density at radius 2 is 2.21 bits per heavy atom. The van der Waals surface area contributed by atoms with E-state index in [2.05, 4.69) is 17.9 Å². The zero-order chi connectivity index (χ0) is 17.6. The lowest BCUT2D eigenvalue weighted by Gasteiger charge is -2.49. The van der Waals surface area contributed by atoms with Crippen LogP contribution in [0.25, 0.3) is 0 Å². The molecule has 2 atom stereocenters. The van der Waals surface area contributed by atoms with Gasteiger partial charge in [0.05, 0.1) is 12.2 Å². The topological polar surface area (TPSA) is 58.9 Å². The lowest BCUT2D eigenvalue weighted by Crippen LogP contribution is -2.55. The molecule has 0 bridgehead atoms. The summed E-state index contributed by atoms with van der Waals surface area (Å²) in [5.41, 5.74) is 1.53. The Morgan fingerprint density at radius 3 is 2.88 bits per heavy atom.